The second-order valence-electron chi connectivity index (χ2n) is 10.2. The third-order valence-corrected chi connectivity index (χ3v) is 8.08. The van der Waals surface area contributed by atoms with Crippen molar-refractivity contribution in [3.05, 3.63) is 0 Å². The molecule has 0 bridgehead atoms. The number of rotatable bonds is 3. The Bertz CT molecular complexity index is 477. The van der Waals surface area contributed by atoms with E-state index in [1.165, 1.54) is 38.5 Å². The van der Waals surface area contributed by atoms with E-state index in [2.05, 4.69) is 27.7 Å². The molecule has 0 radical (unpaired) electrons. The summed E-state index contributed by atoms with van der Waals surface area (Å²) in [5.41, 5.74) is 0.337. The molecule has 2 aliphatic carbocycles. The smallest absolute Gasteiger partial charge is 0.0926 e. The van der Waals surface area contributed by atoms with Gasteiger partial charge in [-0.2, -0.15) is 0 Å². The van der Waals surface area contributed by atoms with Crippen LogP contribution in [0.5, 0.6) is 0 Å². The molecule has 3 aliphatic heterocycles. The SMILES string of the molecule is CC1CC(C(C2CC(C)C3OC3(C)C2)C2CCCO2)CC2(C)OC12. The zero-order chi connectivity index (χ0) is 16.7. The van der Waals surface area contributed by atoms with Gasteiger partial charge in [0.15, 0.2) is 0 Å². The number of epoxide rings is 2. The van der Waals surface area contributed by atoms with Gasteiger partial charge in [-0.15, -0.1) is 0 Å². The predicted octanol–water partition coefficient (Wildman–Crippen LogP) is 4.19. The molecule has 0 N–H and O–H groups in total. The molecule has 136 valence electrons. The minimum Gasteiger partial charge on any atom is -0.378 e. The van der Waals surface area contributed by atoms with Crippen LogP contribution in [0.4, 0.5) is 0 Å². The summed E-state index contributed by atoms with van der Waals surface area (Å²) in [6, 6.07) is 0. The molecule has 5 aliphatic rings. The zero-order valence-electron chi connectivity index (χ0n) is 15.8. The molecule has 0 spiro atoms. The molecule has 5 fully saturated rings. The predicted molar refractivity (Wildman–Crippen MR) is 92.8 cm³/mol. The van der Waals surface area contributed by atoms with Crippen LogP contribution in [0.2, 0.25) is 0 Å². The highest BCUT2D eigenvalue weighted by Crippen LogP contribution is 2.59. The molecule has 9 unspecified atom stereocenters. The lowest BCUT2D eigenvalue weighted by Gasteiger charge is -2.43. The van der Waals surface area contributed by atoms with E-state index in [0.29, 0.717) is 36.1 Å². The molecule has 5 rings (SSSR count). The second-order valence-corrected chi connectivity index (χ2v) is 10.2. The molecule has 0 aromatic carbocycles. The molecule has 0 amide bonds. The van der Waals surface area contributed by atoms with Crippen LogP contribution in [0.25, 0.3) is 0 Å². The monoisotopic (exact) mass is 334 g/mol. The van der Waals surface area contributed by atoms with Crippen molar-refractivity contribution in [3.8, 4) is 0 Å². The largest absolute Gasteiger partial charge is 0.378 e. The van der Waals surface area contributed by atoms with Crippen LogP contribution < -0.4 is 0 Å². The van der Waals surface area contributed by atoms with E-state index in [1.807, 2.05) is 0 Å². The van der Waals surface area contributed by atoms with Gasteiger partial charge in [0, 0.05) is 6.61 Å². The summed E-state index contributed by atoms with van der Waals surface area (Å²) < 4.78 is 18.5. The Kier molecular flexibility index (Phi) is 3.49. The first kappa shape index (κ1) is 16.1. The number of ether oxygens (including phenoxy) is 3. The highest BCUT2D eigenvalue weighted by molar-refractivity contribution is 5.12. The number of fused-ring (bicyclic) bond motifs is 2. The molecule has 3 saturated heterocycles. The van der Waals surface area contributed by atoms with Gasteiger partial charge in [0.25, 0.3) is 0 Å². The van der Waals surface area contributed by atoms with Crippen molar-refractivity contribution in [1.29, 1.82) is 0 Å². The van der Waals surface area contributed by atoms with Gasteiger partial charge in [0.05, 0.1) is 29.5 Å². The highest BCUT2D eigenvalue weighted by atomic mass is 16.6. The fraction of sp³-hybridized carbons (Fsp3) is 1.00. The van der Waals surface area contributed by atoms with Crippen LogP contribution in [-0.2, 0) is 14.2 Å². The molecule has 3 heterocycles. The van der Waals surface area contributed by atoms with E-state index in [-0.39, 0.29) is 11.2 Å². The van der Waals surface area contributed by atoms with Crippen molar-refractivity contribution in [1.82, 2.24) is 0 Å². The fourth-order valence-corrected chi connectivity index (χ4v) is 7.17. The quantitative estimate of drug-likeness (QED) is 0.726. The van der Waals surface area contributed by atoms with Crippen LogP contribution >= 0.6 is 0 Å². The zero-order valence-corrected chi connectivity index (χ0v) is 15.8. The molecular formula is C21H34O3. The van der Waals surface area contributed by atoms with Crippen molar-refractivity contribution in [2.75, 3.05) is 6.61 Å². The van der Waals surface area contributed by atoms with Crippen molar-refractivity contribution in [3.63, 3.8) is 0 Å². The average Bonchev–Trinajstić information content (AvgIpc) is 3.29. The first-order chi connectivity index (χ1) is 11.4. The van der Waals surface area contributed by atoms with Crippen molar-refractivity contribution >= 4 is 0 Å². The fourth-order valence-electron chi connectivity index (χ4n) is 7.17. The third kappa shape index (κ3) is 2.41. The summed E-state index contributed by atoms with van der Waals surface area (Å²) >= 11 is 0. The summed E-state index contributed by atoms with van der Waals surface area (Å²) in [7, 11) is 0. The van der Waals surface area contributed by atoms with E-state index < -0.39 is 0 Å². The molecular weight excluding hydrogens is 300 g/mol. The van der Waals surface area contributed by atoms with Gasteiger partial charge in [-0.1, -0.05) is 13.8 Å². The number of hydrogen-bond acceptors (Lipinski definition) is 3. The van der Waals surface area contributed by atoms with Gasteiger partial charge in [0.2, 0.25) is 0 Å². The molecule has 9 atom stereocenters. The Labute approximate surface area is 146 Å². The lowest BCUT2D eigenvalue weighted by Crippen LogP contribution is -2.43. The summed E-state index contributed by atoms with van der Waals surface area (Å²) in [6.45, 7) is 10.5. The summed E-state index contributed by atoms with van der Waals surface area (Å²) in [5.74, 6) is 3.66. The molecule has 3 heteroatoms. The van der Waals surface area contributed by atoms with Gasteiger partial charge in [-0.3, -0.25) is 0 Å². The Balaban J connectivity index is 1.40. The van der Waals surface area contributed by atoms with Crippen LogP contribution in [0, 0.1) is 29.6 Å². The first-order valence-corrected chi connectivity index (χ1v) is 10.4. The van der Waals surface area contributed by atoms with Crippen molar-refractivity contribution < 1.29 is 14.2 Å². The Hall–Kier alpha value is -0.120. The maximum Gasteiger partial charge on any atom is 0.0926 e. The molecule has 0 aromatic heterocycles. The normalized spacial score (nSPS) is 60.2. The minimum atomic E-state index is 0.169. The summed E-state index contributed by atoms with van der Waals surface area (Å²) in [5, 5.41) is 0. The van der Waals surface area contributed by atoms with Gasteiger partial charge in [-0.25, -0.2) is 0 Å². The van der Waals surface area contributed by atoms with E-state index in [9.17, 15) is 0 Å². The standard InChI is InChI=1S/C21H34O3/c1-12-8-14(10-20(3)18(12)23-20)17(16-6-5-7-22-16)15-9-13(2)19-21(4,11-15)24-19/h12-19H,5-11H2,1-4H3. The lowest BCUT2D eigenvalue weighted by molar-refractivity contribution is -0.0211. The van der Waals surface area contributed by atoms with Crippen LogP contribution in [0.15, 0.2) is 0 Å². The van der Waals surface area contributed by atoms with Crippen LogP contribution in [0.3, 0.4) is 0 Å². The van der Waals surface area contributed by atoms with Crippen molar-refractivity contribution in [2.45, 2.75) is 95.7 Å². The Morgan fingerprint density at radius 3 is 1.83 bits per heavy atom. The van der Waals surface area contributed by atoms with Gasteiger partial charge in [-0.05, 0) is 82.0 Å². The Morgan fingerprint density at radius 1 is 0.875 bits per heavy atom. The first-order valence-electron chi connectivity index (χ1n) is 10.4. The maximum absolute atomic E-state index is 6.27. The second kappa shape index (κ2) is 5.20. The van der Waals surface area contributed by atoms with Crippen molar-refractivity contribution in [2.24, 2.45) is 29.6 Å². The Morgan fingerprint density at radius 2 is 1.42 bits per heavy atom. The summed E-state index contributed by atoms with van der Waals surface area (Å²) in [4.78, 5) is 0. The van der Waals surface area contributed by atoms with Gasteiger partial charge < -0.3 is 14.2 Å². The highest BCUT2D eigenvalue weighted by Gasteiger charge is 2.63. The van der Waals surface area contributed by atoms with E-state index in [1.54, 1.807) is 0 Å². The van der Waals surface area contributed by atoms with Gasteiger partial charge in [0.1, 0.15) is 0 Å². The summed E-state index contributed by atoms with van der Waals surface area (Å²) in [6.07, 6.45) is 9.21. The molecule has 3 nitrogen and oxygen atoms in total. The molecule has 0 aromatic rings. The maximum atomic E-state index is 6.27. The van der Waals surface area contributed by atoms with Crippen LogP contribution in [-0.4, -0.2) is 36.1 Å². The van der Waals surface area contributed by atoms with E-state index in [4.69, 9.17) is 14.2 Å². The molecule has 24 heavy (non-hydrogen) atoms. The van der Waals surface area contributed by atoms with Gasteiger partial charge >= 0.3 is 0 Å². The minimum absolute atomic E-state index is 0.169. The number of hydrogen-bond donors (Lipinski definition) is 0. The third-order valence-electron chi connectivity index (χ3n) is 8.08. The average molecular weight is 335 g/mol. The lowest BCUT2D eigenvalue weighted by atomic mass is 9.61. The molecule has 2 saturated carbocycles. The van der Waals surface area contributed by atoms with Crippen LogP contribution in [0.1, 0.15) is 66.2 Å². The van der Waals surface area contributed by atoms with E-state index >= 15 is 0 Å². The topological polar surface area (TPSA) is 34.3 Å². The van der Waals surface area contributed by atoms with E-state index in [0.717, 1.165) is 18.4 Å².